The van der Waals surface area contributed by atoms with Gasteiger partial charge < -0.3 is 0 Å². The summed E-state index contributed by atoms with van der Waals surface area (Å²) >= 11 is 0. The van der Waals surface area contributed by atoms with Gasteiger partial charge in [0.2, 0.25) is 0 Å². The molecule has 0 heterocycles. The fourth-order valence-electron chi connectivity index (χ4n) is 2.59. The van der Waals surface area contributed by atoms with Gasteiger partial charge in [0.05, 0.1) is 0 Å². The minimum atomic E-state index is 0.446. The first-order chi connectivity index (χ1) is 6.23. The third-order valence-corrected chi connectivity index (χ3v) is 3.85. The van der Waals surface area contributed by atoms with E-state index in [2.05, 4.69) is 44.2 Å². The molecule has 0 aliphatic heterocycles. The van der Waals surface area contributed by atoms with Crippen LogP contribution in [0.5, 0.6) is 0 Å². The second-order valence-electron chi connectivity index (χ2n) is 4.58. The zero-order valence-electron chi connectivity index (χ0n) is 8.59. The number of hydrogen-bond acceptors (Lipinski definition) is 0. The summed E-state index contributed by atoms with van der Waals surface area (Å²) in [5, 5.41) is 0. The molecule has 1 aromatic rings. The molecular formula is C13H18. The smallest absolute Gasteiger partial charge is 0.00497 e. The van der Waals surface area contributed by atoms with Crippen molar-refractivity contribution < 1.29 is 0 Å². The van der Waals surface area contributed by atoms with Gasteiger partial charge in [-0.25, -0.2) is 0 Å². The highest BCUT2D eigenvalue weighted by atomic mass is 14.4. The number of benzene rings is 1. The van der Waals surface area contributed by atoms with Crippen LogP contribution in [0.15, 0.2) is 30.3 Å². The van der Waals surface area contributed by atoms with Gasteiger partial charge in [-0.3, -0.25) is 0 Å². The van der Waals surface area contributed by atoms with Crippen LogP contribution in [0.1, 0.15) is 38.7 Å². The summed E-state index contributed by atoms with van der Waals surface area (Å²) in [5.74, 6) is 0.842. The molecule has 0 heteroatoms. The lowest BCUT2D eigenvalue weighted by Crippen LogP contribution is -2.24. The van der Waals surface area contributed by atoms with Crippen molar-refractivity contribution >= 4 is 0 Å². The van der Waals surface area contributed by atoms with Gasteiger partial charge in [-0.2, -0.15) is 0 Å². The van der Waals surface area contributed by atoms with Crippen LogP contribution in [-0.2, 0) is 5.41 Å². The Labute approximate surface area is 81.0 Å². The maximum atomic E-state index is 2.42. The average molecular weight is 174 g/mol. The standard InChI is InChI=1S/C13H18/c1-11-7-6-10-13(11,2)12-8-4-3-5-9-12/h3-5,8-9,11H,6-7,10H2,1-2H3/t11-,13+/m1/s1. The number of hydrogen-bond donors (Lipinski definition) is 0. The highest BCUT2D eigenvalue weighted by Crippen LogP contribution is 2.44. The van der Waals surface area contributed by atoms with Crippen molar-refractivity contribution in [3.05, 3.63) is 35.9 Å². The third kappa shape index (κ3) is 1.39. The van der Waals surface area contributed by atoms with Gasteiger partial charge in [0.15, 0.2) is 0 Å². The highest BCUT2D eigenvalue weighted by molar-refractivity contribution is 5.26. The first kappa shape index (κ1) is 8.80. The first-order valence-electron chi connectivity index (χ1n) is 5.29. The topological polar surface area (TPSA) is 0 Å². The molecule has 0 amide bonds. The van der Waals surface area contributed by atoms with Gasteiger partial charge in [0.1, 0.15) is 0 Å². The summed E-state index contributed by atoms with van der Waals surface area (Å²) in [6.45, 7) is 4.81. The maximum absolute atomic E-state index is 2.42. The molecule has 2 rings (SSSR count). The second kappa shape index (κ2) is 3.17. The zero-order chi connectivity index (χ0) is 9.31. The van der Waals surface area contributed by atoms with Crippen LogP contribution in [0.2, 0.25) is 0 Å². The van der Waals surface area contributed by atoms with Crippen molar-refractivity contribution in [2.75, 3.05) is 0 Å². The summed E-state index contributed by atoms with van der Waals surface area (Å²) in [6, 6.07) is 11.0. The average Bonchev–Trinajstić information content (AvgIpc) is 2.50. The highest BCUT2D eigenvalue weighted by Gasteiger charge is 2.36. The van der Waals surface area contributed by atoms with E-state index in [0.29, 0.717) is 5.41 Å². The Bertz CT molecular complexity index is 275. The zero-order valence-corrected chi connectivity index (χ0v) is 8.59. The predicted molar refractivity (Wildman–Crippen MR) is 56.8 cm³/mol. The van der Waals surface area contributed by atoms with Crippen molar-refractivity contribution in [1.82, 2.24) is 0 Å². The molecule has 0 nitrogen and oxygen atoms in total. The van der Waals surface area contributed by atoms with Gasteiger partial charge >= 0.3 is 0 Å². The maximum Gasteiger partial charge on any atom is -0.00497 e. The molecule has 0 saturated heterocycles. The van der Waals surface area contributed by atoms with E-state index in [1.165, 1.54) is 24.8 Å². The molecule has 0 unspecified atom stereocenters. The molecule has 0 aromatic heterocycles. The van der Waals surface area contributed by atoms with E-state index >= 15 is 0 Å². The van der Waals surface area contributed by atoms with Crippen LogP contribution < -0.4 is 0 Å². The normalized spacial score (nSPS) is 33.5. The molecule has 13 heavy (non-hydrogen) atoms. The molecule has 1 aromatic carbocycles. The molecule has 2 atom stereocenters. The molecule has 1 aliphatic carbocycles. The van der Waals surface area contributed by atoms with Crippen molar-refractivity contribution in [3.8, 4) is 0 Å². The van der Waals surface area contributed by atoms with Crippen molar-refractivity contribution in [2.45, 2.75) is 38.5 Å². The Hall–Kier alpha value is -0.780. The van der Waals surface area contributed by atoms with Crippen LogP contribution in [-0.4, -0.2) is 0 Å². The van der Waals surface area contributed by atoms with Crippen molar-refractivity contribution in [2.24, 2.45) is 5.92 Å². The Kier molecular flexibility index (Phi) is 2.15. The molecule has 1 fully saturated rings. The van der Waals surface area contributed by atoms with Gasteiger partial charge in [-0.05, 0) is 29.7 Å². The SMILES string of the molecule is C[C@@H]1CCC[C@]1(C)c1ccccc1. The lowest BCUT2D eigenvalue weighted by molar-refractivity contribution is 0.371. The van der Waals surface area contributed by atoms with Gasteiger partial charge in [0.25, 0.3) is 0 Å². The van der Waals surface area contributed by atoms with Crippen LogP contribution in [0.3, 0.4) is 0 Å². The quantitative estimate of drug-likeness (QED) is 0.608. The monoisotopic (exact) mass is 174 g/mol. The molecule has 0 spiro atoms. The van der Waals surface area contributed by atoms with E-state index in [0.717, 1.165) is 5.92 Å². The summed E-state index contributed by atoms with van der Waals surface area (Å²) in [5.41, 5.74) is 1.97. The molecule has 0 radical (unpaired) electrons. The van der Waals surface area contributed by atoms with Crippen molar-refractivity contribution in [1.29, 1.82) is 0 Å². The van der Waals surface area contributed by atoms with E-state index in [9.17, 15) is 0 Å². The van der Waals surface area contributed by atoms with Gasteiger partial charge in [-0.1, -0.05) is 50.6 Å². The minimum Gasteiger partial charge on any atom is -0.0622 e. The lowest BCUT2D eigenvalue weighted by atomic mass is 9.75. The van der Waals surface area contributed by atoms with Crippen LogP contribution in [0.25, 0.3) is 0 Å². The largest absolute Gasteiger partial charge is 0.0622 e. The van der Waals surface area contributed by atoms with E-state index < -0.39 is 0 Å². The molecular weight excluding hydrogens is 156 g/mol. The van der Waals surface area contributed by atoms with Gasteiger partial charge in [-0.15, -0.1) is 0 Å². The minimum absolute atomic E-state index is 0.446. The summed E-state index contributed by atoms with van der Waals surface area (Å²) in [4.78, 5) is 0. The Morgan fingerprint density at radius 2 is 1.92 bits per heavy atom. The van der Waals surface area contributed by atoms with Crippen LogP contribution >= 0.6 is 0 Å². The number of rotatable bonds is 1. The summed E-state index contributed by atoms with van der Waals surface area (Å²) in [6.07, 6.45) is 4.15. The Balaban J connectivity index is 2.34. The lowest BCUT2D eigenvalue weighted by Gasteiger charge is -2.29. The molecule has 1 saturated carbocycles. The van der Waals surface area contributed by atoms with Crippen LogP contribution in [0, 0.1) is 5.92 Å². The van der Waals surface area contributed by atoms with E-state index in [4.69, 9.17) is 0 Å². The first-order valence-corrected chi connectivity index (χ1v) is 5.29. The summed E-state index contributed by atoms with van der Waals surface area (Å²) < 4.78 is 0. The Morgan fingerprint density at radius 1 is 1.23 bits per heavy atom. The van der Waals surface area contributed by atoms with Crippen molar-refractivity contribution in [3.63, 3.8) is 0 Å². The van der Waals surface area contributed by atoms with Crippen LogP contribution in [0.4, 0.5) is 0 Å². The molecule has 70 valence electrons. The third-order valence-electron chi connectivity index (χ3n) is 3.85. The van der Waals surface area contributed by atoms with E-state index in [1.54, 1.807) is 0 Å². The Morgan fingerprint density at radius 3 is 2.46 bits per heavy atom. The van der Waals surface area contributed by atoms with Gasteiger partial charge in [0, 0.05) is 0 Å². The second-order valence-corrected chi connectivity index (χ2v) is 4.58. The molecule has 0 N–H and O–H groups in total. The fourth-order valence-corrected chi connectivity index (χ4v) is 2.59. The summed E-state index contributed by atoms with van der Waals surface area (Å²) in [7, 11) is 0. The molecule has 0 bridgehead atoms. The van der Waals surface area contributed by atoms with E-state index in [1.807, 2.05) is 0 Å². The fraction of sp³-hybridized carbons (Fsp3) is 0.538. The predicted octanol–water partition coefficient (Wildman–Crippen LogP) is 3.76. The molecule has 1 aliphatic rings. The van der Waals surface area contributed by atoms with E-state index in [-0.39, 0.29) is 0 Å².